The fourth-order valence-corrected chi connectivity index (χ4v) is 1.76. The van der Waals surface area contributed by atoms with Gasteiger partial charge in [0.2, 0.25) is 0 Å². The van der Waals surface area contributed by atoms with Gasteiger partial charge in [-0.1, -0.05) is 6.92 Å². The van der Waals surface area contributed by atoms with E-state index >= 15 is 0 Å². The molecule has 17 heavy (non-hydrogen) atoms. The molecule has 0 aromatic carbocycles. The highest BCUT2D eigenvalue weighted by atomic mass is 15.1. The van der Waals surface area contributed by atoms with E-state index in [-0.39, 0.29) is 0 Å². The van der Waals surface area contributed by atoms with Crippen LogP contribution in [0.5, 0.6) is 0 Å². The minimum absolute atomic E-state index is 1.11. The summed E-state index contributed by atoms with van der Waals surface area (Å²) in [5, 5.41) is 3.43. The zero-order valence-corrected chi connectivity index (χ0v) is 11.2. The average molecular weight is 235 g/mol. The third-order valence-corrected chi connectivity index (χ3v) is 2.85. The van der Waals surface area contributed by atoms with Gasteiger partial charge in [0, 0.05) is 18.9 Å². The van der Waals surface area contributed by atoms with Crippen molar-refractivity contribution in [3.05, 3.63) is 30.1 Å². The molecule has 1 heterocycles. The highest BCUT2D eigenvalue weighted by molar-refractivity contribution is 5.09. The Kier molecular flexibility index (Phi) is 7.60. The van der Waals surface area contributed by atoms with Crippen molar-refractivity contribution in [3.63, 3.8) is 0 Å². The normalized spacial score (nSPS) is 11.0. The van der Waals surface area contributed by atoms with Crippen LogP contribution in [0.15, 0.2) is 24.5 Å². The number of nitrogens with zero attached hydrogens (tertiary/aromatic N) is 2. The van der Waals surface area contributed by atoms with Gasteiger partial charge in [0.25, 0.3) is 0 Å². The van der Waals surface area contributed by atoms with Gasteiger partial charge < -0.3 is 10.2 Å². The van der Waals surface area contributed by atoms with Crippen LogP contribution in [-0.4, -0.2) is 43.1 Å². The van der Waals surface area contributed by atoms with Crippen LogP contribution in [0, 0.1) is 0 Å². The van der Waals surface area contributed by atoms with E-state index in [2.05, 4.69) is 41.3 Å². The van der Waals surface area contributed by atoms with Crippen LogP contribution in [0.25, 0.3) is 0 Å². The molecule has 1 aromatic heterocycles. The Morgan fingerprint density at radius 2 is 1.94 bits per heavy atom. The van der Waals surface area contributed by atoms with Gasteiger partial charge in [-0.05, 0) is 63.6 Å². The van der Waals surface area contributed by atoms with Crippen LogP contribution >= 0.6 is 0 Å². The molecule has 0 fully saturated rings. The number of rotatable bonds is 9. The number of nitrogens with one attached hydrogen (secondary N) is 1. The maximum absolute atomic E-state index is 4.03. The van der Waals surface area contributed by atoms with Crippen molar-refractivity contribution in [1.82, 2.24) is 15.2 Å². The van der Waals surface area contributed by atoms with Crippen molar-refractivity contribution in [3.8, 4) is 0 Å². The van der Waals surface area contributed by atoms with E-state index in [1.165, 1.54) is 24.9 Å². The Labute approximate surface area is 105 Å². The molecule has 0 aliphatic heterocycles. The van der Waals surface area contributed by atoms with Gasteiger partial charge >= 0.3 is 0 Å². The van der Waals surface area contributed by atoms with E-state index in [4.69, 9.17) is 0 Å². The van der Waals surface area contributed by atoms with Gasteiger partial charge in [-0.3, -0.25) is 4.98 Å². The maximum atomic E-state index is 4.03. The first-order valence-electron chi connectivity index (χ1n) is 6.61. The lowest BCUT2D eigenvalue weighted by molar-refractivity contribution is 0.331. The summed E-state index contributed by atoms with van der Waals surface area (Å²) in [6, 6.07) is 4.19. The molecule has 0 aliphatic carbocycles. The summed E-state index contributed by atoms with van der Waals surface area (Å²) in [5.74, 6) is 0. The summed E-state index contributed by atoms with van der Waals surface area (Å²) in [5.41, 5.74) is 1.37. The second-order valence-corrected chi connectivity index (χ2v) is 4.51. The minimum atomic E-state index is 1.11. The molecule has 3 heteroatoms. The van der Waals surface area contributed by atoms with Crippen molar-refractivity contribution in [2.24, 2.45) is 0 Å². The molecule has 1 rings (SSSR count). The zero-order valence-electron chi connectivity index (χ0n) is 11.2. The minimum Gasteiger partial charge on any atom is -0.317 e. The fraction of sp³-hybridized carbons (Fsp3) is 0.643. The van der Waals surface area contributed by atoms with Gasteiger partial charge in [0.15, 0.2) is 0 Å². The highest BCUT2D eigenvalue weighted by Crippen LogP contribution is 1.99. The first-order chi connectivity index (χ1) is 8.33. The predicted octanol–water partition coefficient (Wildman–Crippen LogP) is 1.95. The van der Waals surface area contributed by atoms with Gasteiger partial charge in [-0.2, -0.15) is 0 Å². The van der Waals surface area contributed by atoms with E-state index < -0.39 is 0 Å². The monoisotopic (exact) mass is 235 g/mol. The molecule has 0 aliphatic rings. The summed E-state index contributed by atoms with van der Waals surface area (Å²) in [6.07, 6.45) is 7.29. The van der Waals surface area contributed by atoms with Crippen molar-refractivity contribution >= 4 is 0 Å². The summed E-state index contributed by atoms with van der Waals surface area (Å²) < 4.78 is 0. The third-order valence-electron chi connectivity index (χ3n) is 2.85. The summed E-state index contributed by atoms with van der Waals surface area (Å²) in [6.45, 7) is 6.77. The van der Waals surface area contributed by atoms with Gasteiger partial charge in [-0.15, -0.1) is 0 Å². The summed E-state index contributed by atoms with van der Waals surface area (Å²) in [4.78, 5) is 6.43. The molecule has 0 bridgehead atoms. The fourth-order valence-electron chi connectivity index (χ4n) is 1.76. The van der Waals surface area contributed by atoms with Crippen molar-refractivity contribution in [1.29, 1.82) is 0 Å². The van der Waals surface area contributed by atoms with Crippen LogP contribution in [0.2, 0.25) is 0 Å². The summed E-state index contributed by atoms with van der Waals surface area (Å²) >= 11 is 0. The largest absolute Gasteiger partial charge is 0.317 e. The van der Waals surface area contributed by atoms with Gasteiger partial charge in [-0.25, -0.2) is 0 Å². The number of likely N-dealkylation sites (N-methyl/N-ethyl adjacent to an activating group) is 1. The quantitative estimate of drug-likeness (QED) is 0.663. The Morgan fingerprint density at radius 1 is 1.18 bits per heavy atom. The van der Waals surface area contributed by atoms with Crippen molar-refractivity contribution in [2.45, 2.75) is 26.2 Å². The molecule has 96 valence electrons. The van der Waals surface area contributed by atoms with E-state index in [1.54, 1.807) is 0 Å². The number of pyridine rings is 1. The van der Waals surface area contributed by atoms with Crippen LogP contribution in [-0.2, 0) is 6.42 Å². The molecular formula is C14H25N3. The molecule has 0 unspecified atom stereocenters. The topological polar surface area (TPSA) is 28.2 Å². The van der Waals surface area contributed by atoms with Crippen LogP contribution in [0.4, 0.5) is 0 Å². The van der Waals surface area contributed by atoms with Crippen LogP contribution in [0.1, 0.15) is 25.3 Å². The lowest BCUT2D eigenvalue weighted by Gasteiger charge is -2.16. The second-order valence-electron chi connectivity index (χ2n) is 4.51. The molecule has 1 N–H and O–H groups in total. The molecule has 0 amide bonds. The van der Waals surface area contributed by atoms with Gasteiger partial charge in [0.1, 0.15) is 0 Å². The Bertz CT molecular complexity index is 274. The molecule has 3 nitrogen and oxygen atoms in total. The molecular weight excluding hydrogens is 210 g/mol. The lowest BCUT2D eigenvalue weighted by Crippen LogP contribution is -2.26. The predicted molar refractivity (Wildman–Crippen MR) is 73.2 cm³/mol. The third kappa shape index (κ3) is 7.08. The van der Waals surface area contributed by atoms with E-state index in [9.17, 15) is 0 Å². The highest BCUT2D eigenvalue weighted by Gasteiger charge is 1.98. The van der Waals surface area contributed by atoms with E-state index in [1.807, 2.05) is 12.4 Å². The van der Waals surface area contributed by atoms with Crippen LogP contribution in [0.3, 0.4) is 0 Å². The smallest absolute Gasteiger partial charge is 0.0270 e. The number of aromatic nitrogens is 1. The van der Waals surface area contributed by atoms with Crippen molar-refractivity contribution < 1.29 is 0 Å². The van der Waals surface area contributed by atoms with Gasteiger partial charge in [0.05, 0.1) is 0 Å². The lowest BCUT2D eigenvalue weighted by atomic mass is 10.2. The SMILES string of the molecule is CCCNCCCN(C)CCc1ccncc1. The Morgan fingerprint density at radius 3 is 2.65 bits per heavy atom. The van der Waals surface area contributed by atoms with Crippen molar-refractivity contribution in [2.75, 3.05) is 33.2 Å². The van der Waals surface area contributed by atoms with E-state index in [0.29, 0.717) is 0 Å². The first-order valence-corrected chi connectivity index (χ1v) is 6.61. The second kappa shape index (κ2) is 9.14. The number of hydrogen-bond donors (Lipinski definition) is 1. The number of hydrogen-bond acceptors (Lipinski definition) is 3. The zero-order chi connectivity index (χ0) is 12.3. The van der Waals surface area contributed by atoms with Crippen LogP contribution < -0.4 is 5.32 Å². The standard InChI is InChI=1S/C14H25N3/c1-3-8-15-9-4-12-17(2)13-7-14-5-10-16-11-6-14/h5-6,10-11,15H,3-4,7-9,12-13H2,1-2H3. The summed E-state index contributed by atoms with van der Waals surface area (Å²) in [7, 11) is 2.20. The molecule has 1 aromatic rings. The molecule has 0 saturated carbocycles. The average Bonchev–Trinajstić information content (AvgIpc) is 2.37. The first kappa shape index (κ1) is 14.1. The molecule has 0 atom stereocenters. The maximum Gasteiger partial charge on any atom is 0.0270 e. The Hall–Kier alpha value is -0.930. The molecule has 0 radical (unpaired) electrons. The van der Waals surface area contributed by atoms with E-state index in [0.717, 1.165) is 26.1 Å². The molecule has 0 spiro atoms. The molecule has 0 saturated heterocycles. The Balaban J connectivity index is 2.03.